The molecule has 0 aromatic heterocycles. The van der Waals surface area contributed by atoms with Crippen LogP contribution in [0.1, 0.15) is 60.3 Å². The molecule has 1 aliphatic carbocycles. The maximum absolute atomic E-state index is 2.46. The summed E-state index contributed by atoms with van der Waals surface area (Å²) < 4.78 is 0. The number of rotatable bonds is 2. The van der Waals surface area contributed by atoms with Crippen LogP contribution in [0.2, 0.25) is 0 Å². The molecular weight excluding hydrogens is 156 g/mol. The van der Waals surface area contributed by atoms with Gasteiger partial charge in [-0.15, -0.1) is 0 Å². The largest absolute Gasteiger partial charge is 0.0651 e. The van der Waals surface area contributed by atoms with E-state index in [0.29, 0.717) is 5.41 Å². The molecule has 13 heavy (non-hydrogen) atoms. The Hall–Kier alpha value is 0. The van der Waals surface area contributed by atoms with Crippen molar-refractivity contribution in [2.45, 2.75) is 60.3 Å². The fraction of sp³-hybridized carbons (Fsp3) is 1.00. The van der Waals surface area contributed by atoms with Crippen LogP contribution in [0, 0.1) is 23.2 Å². The lowest BCUT2D eigenvalue weighted by atomic mass is 9.61. The van der Waals surface area contributed by atoms with E-state index in [1.807, 2.05) is 0 Å². The molecule has 0 heteroatoms. The van der Waals surface area contributed by atoms with Crippen molar-refractivity contribution < 1.29 is 0 Å². The van der Waals surface area contributed by atoms with Gasteiger partial charge in [0.25, 0.3) is 0 Å². The van der Waals surface area contributed by atoms with E-state index in [1.54, 1.807) is 0 Å². The molecule has 0 heterocycles. The first-order valence-corrected chi connectivity index (χ1v) is 6.00. The van der Waals surface area contributed by atoms with Crippen molar-refractivity contribution >= 4 is 0 Å². The first kappa shape index (κ1) is 11.1. The van der Waals surface area contributed by atoms with Crippen LogP contribution in [-0.4, -0.2) is 0 Å². The van der Waals surface area contributed by atoms with Crippen molar-refractivity contribution in [1.29, 1.82) is 0 Å². The third kappa shape index (κ3) is 2.48. The summed E-state index contributed by atoms with van der Waals surface area (Å²) in [6.07, 6.45) is 5.65. The van der Waals surface area contributed by atoms with Gasteiger partial charge in [-0.25, -0.2) is 0 Å². The summed E-state index contributed by atoms with van der Waals surface area (Å²) in [7, 11) is 0. The summed E-state index contributed by atoms with van der Waals surface area (Å²) in [5, 5.41) is 0. The second kappa shape index (κ2) is 4.02. The van der Waals surface area contributed by atoms with Crippen molar-refractivity contribution in [2.75, 3.05) is 0 Å². The first-order valence-electron chi connectivity index (χ1n) is 6.00. The van der Waals surface area contributed by atoms with Crippen LogP contribution >= 0.6 is 0 Å². The Morgan fingerprint density at radius 3 is 2.15 bits per heavy atom. The van der Waals surface area contributed by atoms with Crippen molar-refractivity contribution in [2.24, 2.45) is 23.2 Å². The number of hydrogen-bond acceptors (Lipinski definition) is 0. The van der Waals surface area contributed by atoms with Gasteiger partial charge in [-0.05, 0) is 36.0 Å². The summed E-state index contributed by atoms with van der Waals surface area (Å²) in [5.74, 6) is 2.93. The molecule has 0 N–H and O–H groups in total. The van der Waals surface area contributed by atoms with Gasteiger partial charge in [0.05, 0.1) is 0 Å². The lowest BCUT2D eigenvalue weighted by molar-refractivity contribution is 0.0597. The van der Waals surface area contributed by atoms with Crippen LogP contribution in [0.15, 0.2) is 0 Å². The normalized spacial score (nSPS) is 39.0. The SMILES string of the molecule is CCC1CC(C)(C)CC(C)C1CC. The Morgan fingerprint density at radius 2 is 1.69 bits per heavy atom. The zero-order valence-electron chi connectivity index (χ0n) is 10.1. The Kier molecular flexibility index (Phi) is 3.43. The average Bonchev–Trinajstić information content (AvgIpc) is 2.01. The van der Waals surface area contributed by atoms with E-state index in [0.717, 1.165) is 17.8 Å². The van der Waals surface area contributed by atoms with Crippen LogP contribution in [0.5, 0.6) is 0 Å². The minimum atomic E-state index is 0.603. The smallest absolute Gasteiger partial charge is 0.0349 e. The molecule has 3 unspecified atom stereocenters. The fourth-order valence-corrected chi connectivity index (χ4v) is 3.61. The van der Waals surface area contributed by atoms with Crippen LogP contribution in [0.3, 0.4) is 0 Å². The standard InChI is InChI=1S/C13H26/c1-6-11-9-13(4,5)8-10(3)12(11)7-2/h10-12H,6-9H2,1-5H3. The molecule has 0 aromatic carbocycles. The molecule has 3 atom stereocenters. The molecule has 0 amide bonds. The Morgan fingerprint density at radius 1 is 1.08 bits per heavy atom. The van der Waals surface area contributed by atoms with E-state index in [1.165, 1.54) is 25.7 Å². The molecule has 1 rings (SSSR count). The summed E-state index contributed by atoms with van der Waals surface area (Å²) in [4.78, 5) is 0. The van der Waals surface area contributed by atoms with Crippen LogP contribution in [0.25, 0.3) is 0 Å². The maximum Gasteiger partial charge on any atom is -0.0349 e. The molecular formula is C13H26. The van der Waals surface area contributed by atoms with E-state index in [4.69, 9.17) is 0 Å². The highest BCUT2D eigenvalue weighted by molar-refractivity contribution is 4.87. The quantitative estimate of drug-likeness (QED) is 0.590. The fourth-order valence-electron chi connectivity index (χ4n) is 3.61. The number of hydrogen-bond donors (Lipinski definition) is 0. The second-order valence-electron chi connectivity index (χ2n) is 5.79. The third-order valence-corrected chi connectivity index (χ3v) is 4.02. The lowest BCUT2D eigenvalue weighted by Gasteiger charge is -2.44. The van der Waals surface area contributed by atoms with Crippen molar-refractivity contribution in [1.82, 2.24) is 0 Å². The van der Waals surface area contributed by atoms with E-state index in [9.17, 15) is 0 Å². The second-order valence-corrected chi connectivity index (χ2v) is 5.79. The zero-order chi connectivity index (χ0) is 10.1. The van der Waals surface area contributed by atoms with Gasteiger partial charge in [0.15, 0.2) is 0 Å². The van der Waals surface area contributed by atoms with Crippen molar-refractivity contribution in [3.8, 4) is 0 Å². The van der Waals surface area contributed by atoms with Gasteiger partial charge >= 0.3 is 0 Å². The van der Waals surface area contributed by atoms with Gasteiger partial charge in [0.1, 0.15) is 0 Å². The summed E-state index contributed by atoms with van der Waals surface area (Å²) in [6, 6.07) is 0. The summed E-state index contributed by atoms with van der Waals surface area (Å²) >= 11 is 0. The van der Waals surface area contributed by atoms with Gasteiger partial charge in [-0.1, -0.05) is 47.5 Å². The predicted octanol–water partition coefficient (Wildman–Crippen LogP) is 4.49. The van der Waals surface area contributed by atoms with Gasteiger partial charge in [-0.3, -0.25) is 0 Å². The maximum atomic E-state index is 2.46. The van der Waals surface area contributed by atoms with E-state index in [-0.39, 0.29) is 0 Å². The molecule has 0 saturated heterocycles. The molecule has 78 valence electrons. The van der Waals surface area contributed by atoms with Crippen LogP contribution in [-0.2, 0) is 0 Å². The Labute approximate surface area is 84.1 Å². The highest BCUT2D eigenvalue weighted by atomic mass is 14.4. The van der Waals surface area contributed by atoms with E-state index in [2.05, 4.69) is 34.6 Å². The summed E-state index contributed by atoms with van der Waals surface area (Å²) in [6.45, 7) is 12.1. The van der Waals surface area contributed by atoms with Crippen molar-refractivity contribution in [3.05, 3.63) is 0 Å². The van der Waals surface area contributed by atoms with Crippen LogP contribution in [0.4, 0.5) is 0 Å². The predicted molar refractivity (Wildman–Crippen MR) is 59.7 cm³/mol. The van der Waals surface area contributed by atoms with E-state index < -0.39 is 0 Å². The van der Waals surface area contributed by atoms with Gasteiger partial charge in [0.2, 0.25) is 0 Å². The topological polar surface area (TPSA) is 0 Å². The molecule has 0 bridgehead atoms. The molecule has 1 saturated carbocycles. The molecule has 1 aliphatic rings. The van der Waals surface area contributed by atoms with E-state index >= 15 is 0 Å². The van der Waals surface area contributed by atoms with Crippen LogP contribution < -0.4 is 0 Å². The Balaban J connectivity index is 2.68. The molecule has 0 radical (unpaired) electrons. The Bertz CT molecular complexity index is 157. The first-order chi connectivity index (χ1) is 6.00. The summed E-state index contributed by atoms with van der Waals surface area (Å²) in [5.41, 5.74) is 0.603. The third-order valence-electron chi connectivity index (χ3n) is 4.02. The molecule has 1 fully saturated rings. The highest BCUT2D eigenvalue weighted by Crippen LogP contribution is 2.47. The molecule has 0 spiro atoms. The molecule has 0 aromatic rings. The molecule has 0 aliphatic heterocycles. The average molecular weight is 182 g/mol. The zero-order valence-corrected chi connectivity index (χ0v) is 10.1. The highest BCUT2D eigenvalue weighted by Gasteiger charge is 2.37. The van der Waals surface area contributed by atoms with Gasteiger partial charge in [0, 0.05) is 0 Å². The van der Waals surface area contributed by atoms with Gasteiger partial charge in [-0.2, -0.15) is 0 Å². The lowest BCUT2D eigenvalue weighted by Crippen LogP contribution is -2.35. The van der Waals surface area contributed by atoms with Crippen molar-refractivity contribution in [3.63, 3.8) is 0 Å². The molecule has 0 nitrogen and oxygen atoms in total. The van der Waals surface area contributed by atoms with Gasteiger partial charge < -0.3 is 0 Å². The minimum Gasteiger partial charge on any atom is -0.0651 e. The minimum absolute atomic E-state index is 0.603. The monoisotopic (exact) mass is 182 g/mol.